The Balaban J connectivity index is 1.54. The van der Waals surface area contributed by atoms with E-state index in [1.54, 1.807) is 6.07 Å². The van der Waals surface area contributed by atoms with E-state index < -0.39 is 5.97 Å². The van der Waals surface area contributed by atoms with E-state index in [0.717, 1.165) is 18.4 Å². The van der Waals surface area contributed by atoms with Gasteiger partial charge in [-0.1, -0.05) is 44.1 Å². The van der Waals surface area contributed by atoms with Crippen molar-refractivity contribution in [1.29, 1.82) is 0 Å². The average Bonchev–Trinajstić information content (AvgIpc) is 3.18. The van der Waals surface area contributed by atoms with Gasteiger partial charge in [0.25, 0.3) is 0 Å². The first-order valence-corrected chi connectivity index (χ1v) is 9.88. The van der Waals surface area contributed by atoms with Crippen molar-refractivity contribution in [3.63, 3.8) is 0 Å². The van der Waals surface area contributed by atoms with E-state index in [1.165, 1.54) is 25.7 Å². The molecule has 2 aliphatic rings. The fourth-order valence-electron chi connectivity index (χ4n) is 4.54. The SMILES string of the molecule is CCCCC/C=C/C1C2CC(O)C(Cc3cccc(OCC(=O)O)c3)C12. The maximum Gasteiger partial charge on any atom is 0.341 e. The number of carboxylic acids is 1. The van der Waals surface area contributed by atoms with Gasteiger partial charge in [0, 0.05) is 0 Å². The Hall–Kier alpha value is -1.81. The molecule has 0 aromatic heterocycles. The molecule has 0 aliphatic heterocycles. The molecule has 3 rings (SSSR count). The molecule has 2 saturated carbocycles. The number of fused-ring (bicyclic) bond motifs is 1. The number of hydrogen-bond donors (Lipinski definition) is 2. The Kier molecular flexibility index (Phi) is 6.36. The second kappa shape index (κ2) is 8.72. The second-order valence-corrected chi connectivity index (χ2v) is 7.74. The van der Waals surface area contributed by atoms with Crippen LogP contribution in [-0.4, -0.2) is 28.9 Å². The maximum atomic E-state index is 10.6. The van der Waals surface area contributed by atoms with E-state index in [2.05, 4.69) is 19.1 Å². The Morgan fingerprint density at radius 3 is 2.96 bits per heavy atom. The van der Waals surface area contributed by atoms with Crippen molar-refractivity contribution in [3.8, 4) is 5.75 Å². The maximum absolute atomic E-state index is 10.6. The zero-order valence-electron chi connectivity index (χ0n) is 15.5. The van der Waals surface area contributed by atoms with Crippen LogP contribution in [0, 0.1) is 23.7 Å². The first-order valence-electron chi connectivity index (χ1n) is 9.88. The summed E-state index contributed by atoms with van der Waals surface area (Å²) in [6, 6.07) is 7.61. The Morgan fingerprint density at radius 1 is 1.35 bits per heavy atom. The van der Waals surface area contributed by atoms with Gasteiger partial charge in [-0.05, 0) is 67.1 Å². The molecule has 1 aromatic rings. The Morgan fingerprint density at radius 2 is 2.19 bits per heavy atom. The summed E-state index contributed by atoms with van der Waals surface area (Å²) in [7, 11) is 0. The number of aliphatic hydroxyl groups excluding tert-OH is 1. The van der Waals surface area contributed by atoms with Crippen LogP contribution in [0.1, 0.15) is 44.6 Å². The summed E-state index contributed by atoms with van der Waals surface area (Å²) >= 11 is 0. The van der Waals surface area contributed by atoms with E-state index >= 15 is 0 Å². The molecule has 4 heteroatoms. The zero-order valence-corrected chi connectivity index (χ0v) is 15.5. The quantitative estimate of drug-likeness (QED) is 0.489. The lowest BCUT2D eigenvalue weighted by Gasteiger charge is -2.19. The number of aliphatic carboxylic acids is 1. The third kappa shape index (κ3) is 4.67. The van der Waals surface area contributed by atoms with Crippen LogP contribution in [0.3, 0.4) is 0 Å². The minimum atomic E-state index is -0.976. The van der Waals surface area contributed by atoms with Crippen LogP contribution in [0.25, 0.3) is 0 Å². The number of ether oxygens (including phenoxy) is 1. The molecule has 0 amide bonds. The fraction of sp³-hybridized carbons (Fsp3) is 0.591. The molecular weight excluding hydrogens is 328 g/mol. The van der Waals surface area contributed by atoms with Gasteiger partial charge in [-0.25, -0.2) is 4.79 Å². The molecule has 0 radical (unpaired) electrons. The van der Waals surface area contributed by atoms with Crippen LogP contribution < -0.4 is 4.74 Å². The molecule has 2 fully saturated rings. The highest BCUT2D eigenvalue weighted by Crippen LogP contribution is 2.61. The number of hydrogen-bond acceptors (Lipinski definition) is 3. The van der Waals surface area contributed by atoms with E-state index in [9.17, 15) is 9.90 Å². The predicted molar refractivity (Wildman–Crippen MR) is 101 cm³/mol. The highest BCUT2D eigenvalue weighted by molar-refractivity contribution is 5.68. The molecule has 2 aliphatic carbocycles. The van der Waals surface area contributed by atoms with Crippen LogP contribution in [0.5, 0.6) is 5.75 Å². The lowest BCUT2D eigenvalue weighted by molar-refractivity contribution is -0.139. The predicted octanol–water partition coefficient (Wildman–Crippen LogP) is 4.07. The summed E-state index contributed by atoms with van der Waals surface area (Å²) in [5, 5.41) is 19.2. The van der Waals surface area contributed by atoms with Gasteiger partial charge >= 0.3 is 5.97 Å². The van der Waals surface area contributed by atoms with E-state index in [1.807, 2.05) is 18.2 Å². The summed E-state index contributed by atoms with van der Waals surface area (Å²) in [6.45, 7) is 1.90. The van der Waals surface area contributed by atoms with Crippen molar-refractivity contribution < 1.29 is 19.7 Å². The van der Waals surface area contributed by atoms with Gasteiger partial charge in [-0.2, -0.15) is 0 Å². The molecule has 0 heterocycles. The van der Waals surface area contributed by atoms with E-state index in [0.29, 0.717) is 29.4 Å². The van der Waals surface area contributed by atoms with E-state index in [-0.39, 0.29) is 12.7 Å². The van der Waals surface area contributed by atoms with E-state index in [4.69, 9.17) is 9.84 Å². The minimum Gasteiger partial charge on any atom is -0.482 e. The zero-order chi connectivity index (χ0) is 18.5. The van der Waals surface area contributed by atoms with Crippen molar-refractivity contribution in [3.05, 3.63) is 42.0 Å². The number of carboxylic acid groups (broad SMARTS) is 1. The molecule has 4 nitrogen and oxygen atoms in total. The van der Waals surface area contributed by atoms with Gasteiger partial charge < -0.3 is 14.9 Å². The van der Waals surface area contributed by atoms with Crippen LogP contribution in [0.2, 0.25) is 0 Å². The lowest BCUT2D eigenvalue weighted by atomic mass is 9.90. The highest BCUT2D eigenvalue weighted by atomic mass is 16.5. The third-order valence-corrected chi connectivity index (χ3v) is 5.86. The molecule has 2 N–H and O–H groups in total. The Labute approximate surface area is 155 Å². The first kappa shape index (κ1) is 19.0. The molecule has 26 heavy (non-hydrogen) atoms. The van der Waals surface area contributed by atoms with Crippen molar-refractivity contribution in [2.75, 3.05) is 6.61 Å². The molecule has 142 valence electrons. The second-order valence-electron chi connectivity index (χ2n) is 7.74. The number of allylic oxidation sites excluding steroid dienone is 2. The number of carbonyl (C=O) groups is 1. The van der Waals surface area contributed by atoms with Crippen LogP contribution in [0.4, 0.5) is 0 Å². The van der Waals surface area contributed by atoms with Crippen molar-refractivity contribution in [2.24, 2.45) is 23.7 Å². The molecular formula is C22H30O4. The molecule has 0 saturated heterocycles. The van der Waals surface area contributed by atoms with Gasteiger partial charge in [0.1, 0.15) is 5.75 Å². The topological polar surface area (TPSA) is 66.8 Å². The molecule has 5 atom stereocenters. The Bertz CT molecular complexity index is 639. The summed E-state index contributed by atoms with van der Waals surface area (Å²) in [6.07, 6.45) is 11.2. The lowest BCUT2D eigenvalue weighted by Crippen LogP contribution is -2.21. The normalized spacial score (nSPS) is 29.7. The number of benzene rings is 1. The largest absolute Gasteiger partial charge is 0.482 e. The van der Waals surface area contributed by atoms with Gasteiger partial charge in [0.2, 0.25) is 0 Å². The number of unbranched alkanes of at least 4 members (excludes halogenated alkanes) is 3. The summed E-state index contributed by atoms with van der Waals surface area (Å²) in [5.41, 5.74) is 1.11. The van der Waals surface area contributed by atoms with Gasteiger partial charge in [-0.15, -0.1) is 0 Å². The molecule has 0 spiro atoms. The van der Waals surface area contributed by atoms with Gasteiger partial charge in [0.15, 0.2) is 6.61 Å². The van der Waals surface area contributed by atoms with Crippen LogP contribution >= 0.6 is 0 Å². The smallest absolute Gasteiger partial charge is 0.341 e. The number of aliphatic hydroxyl groups is 1. The summed E-state index contributed by atoms with van der Waals surface area (Å²) < 4.78 is 5.27. The monoisotopic (exact) mass is 358 g/mol. The van der Waals surface area contributed by atoms with Gasteiger partial charge in [0.05, 0.1) is 6.10 Å². The molecule has 0 bridgehead atoms. The van der Waals surface area contributed by atoms with Crippen molar-refractivity contribution >= 4 is 5.97 Å². The number of rotatable bonds is 10. The first-order chi connectivity index (χ1) is 12.6. The standard InChI is InChI=1S/C22H30O4/c1-2-3-4-5-6-10-17-18-13-20(23)19(22(17)18)12-15-8-7-9-16(11-15)26-14-21(24)25/h6-11,17-20,22-23H,2-5,12-14H2,1H3,(H,24,25)/b10-6+. The van der Waals surface area contributed by atoms with Crippen LogP contribution in [0.15, 0.2) is 36.4 Å². The third-order valence-electron chi connectivity index (χ3n) is 5.86. The average molecular weight is 358 g/mol. The van der Waals surface area contributed by atoms with Crippen molar-refractivity contribution in [1.82, 2.24) is 0 Å². The summed E-state index contributed by atoms with van der Waals surface area (Å²) in [5.74, 6) is 1.77. The minimum absolute atomic E-state index is 0.224. The summed E-state index contributed by atoms with van der Waals surface area (Å²) in [4.78, 5) is 10.6. The molecule has 5 unspecified atom stereocenters. The molecule has 1 aromatic carbocycles. The fourth-order valence-corrected chi connectivity index (χ4v) is 4.54. The highest BCUT2D eigenvalue weighted by Gasteiger charge is 2.59. The van der Waals surface area contributed by atoms with Crippen molar-refractivity contribution in [2.45, 2.75) is 51.6 Å². The van der Waals surface area contributed by atoms with Gasteiger partial charge in [-0.3, -0.25) is 0 Å². The van der Waals surface area contributed by atoms with Crippen LogP contribution in [-0.2, 0) is 11.2 Å².